The van der Waals surface area contributed by atoms with Gasteiger partial charge < -0.3 is 5.32 Å². The van der Waals surface area contributed by atoms with E-state index in [1.807, 2.05) is 30.3 Å². The molecule has 0 saturated heterocycles. The van der Waals surface area contributed by atoms with Crippen LogP contribution in [0.5, 0.6) is 0 Å². The molecule has 1 amide bonds. The van der Waals surface area contributed by atoms with Gasteiger partial charge in [-0.3, -0.25) is 4.79 Å². The number of anilines is 1. The molecule has 0 radical (unpaired) electrons. The predicted molar refractivity (Wildman–Crippen MR) is 98.0 cm³/mol. The Bertz CT molecular complexity index is 1120. The van der Waals surface area contributed by atoms with Crippen LogP contribution in [0.3, 0.4) is 0 Å². The molecule has 5 nitrogen and oxygen atoms in total. The van der Waals surface area contributed by atoms with Crippen LogP contribution in [0.25, 0.3) is 16.6 Å². The van der Waals surface area contributed by atoms with Gasteiger partial charge in [0, 0.05) is 5.39 Å². The smallest absolute Gasteiger partial charge is 0.260 e. The summed E-state index contributed by atoms with van der Waals surface area (Å²) in [6.07, 6.45) is 1.43. The van der Waals surface area contributed by atoms with Gasteiger partial charge in [0.1, 0.15) is 17.3 Å². The molecular formula is C20H15FN4O. The molecule has 6 heteroatoms. The SMILES string of the molecule is Cc1c(C(=O)Nc2ccc3ccccc3n2)cnn1-c1ccccc1F. The summed E-state index contributed by atoms with van der Waals surface area (Å²) in [4.78, 5) is 17.0. The van der Waals surface area contributed by atoms with Gasteiger partial charge in [-0.1, -0.05) is 30.3 Å². The van der Waals surface area contributed by atoms with Crippen molar-refractivity contribution in [2.45, 2.75) is 6.92 Å². The summed E-state index contributed by atoms with van der Waals surface area (Å²) in [5.41, 5.74) is 2.01. The highest BCUT2D eigenvalue weighted by molar-refractivity contribution is 6.04. The third-order valence-electron chi connectivity index (χ3n) is 4.18. The van der Waals surface area contributed by atoms with Crippen LogP contribution in [0.15, 0.2) is 66.9 Å². The maximum atomic E-state index is 14.0. The van der Waals surface area contributed by atoms with E-state index in [0.717, 1.165) is 10.9 Å². The molecule has 0 bridgehead atoms. The second-order valence-corrected chi connectivity index (χ2v) is 5.85. The van der Waals surface area contributed by atoms with E-state index in [0.29, 0.717) is 22.8 Å². The van der Waals surface area contributed by atoms with Gasteiger partial charge in [0.2, 0.25) is 0 Å². The van der Waals surface area contributed by atoms with Gasteiger partial charge in [-0.15, -0.1) is 0 Å². The normalized spacial score (nSPS) is 10.8. The molecule has 128 valence electrons. The van der Waals surface area contributed by atoms with Crippen molar-refractivity contribution in [3.05, 3.63) is 83.9 Å². The molecule has 2 heterocycles. The molecule has 0 aliphatic rings. The number of para-hydroxylation sites is 2. The van der Waals surface area contributed by atoms with Crippen LogP contribution in [0.1, 0.15) is 16.1 Å². The molecular weight excluding hydrogens is 331 g/mol. The van der Waals surface area contributed by atoms with E-state index >= 15 is 0 Å². The molecule has 1 N–H and O–H groups in total. The third-order valence-corrected chi connectivity index (χ3v) is 4.18. The zero-order chi connectivity index (χ0) is 18.1. The van der Waals surface area contributed by atoms with E-state index in [1.54, 1.807) is 31.2 Å². The van der Waals surface area contributed by atoms with Crippen molar-refractivity contribution in [1.82, 2.24) is 14.8 Å². The number of nitrogens with one attached hydrogen (secondary N) is 1. The standard InChI is InChI=1S/C20H15FN4O/c1-13-15(12-22-25(13)18-9-5-3-7-16(18)21)20(26)24-19-11-10-14-6-2-4-8-17(14)23-19/h2-12H,1H3,(H,23,24,26). The lowest BCUT2D eigenvalue weighted by atomic mass is 10.2. The number of amides is 1. The highest BCUT2D eigenvalue weighted by Crippen LogP contribution is 2.19. The predicted octanol–water partition coefficient (Wildman–Crippen LogP) is 4.12. The van der Waals surface area contributed by atoms with Crippen LogP contribution in [0.2, 0.25) is 0 Å². The van der Waals surface area contributed by atoms with Crippen molar-refractivity contribution in [1.29, 1.82) is 0 Å². The molecule has 0 saturated carbocycles. The second kappa shape index (κ2) is 6.40. The van der Waals surface area contributed by atoms with E-state index < -0.39 is 5.82 Å². The van der Waals surface area contributed by atoms with Crippen molar-refractivity contribution in [2.24, 2.45) is 0 Å². The van der Waals surface area contributed by atoms with Gasteiger partial charge in [0.15, 0.2) is 0 Å². The molecule has 0 fully saturated rings. The van der Waals surface area contributed by atoms with Gasteiger partial charge in [-0.2, -0.15) is 5.10 Å². The Morgan fingerprint density at radius 2 is 1.81 bits per heavy atom. The van der Waals surface area contributed by atoms with E-state index in [-0.39, 0.29) is 5.91 Å². The first kappa shape index (κ1) is 16.0. The van der Waals surface area contributed by atoms with E-state index in [9.17, 15) is 9.18 Å². The zero-order valence-electron chi connectivity index (χ0n) is 14.0. The van der Waals surface area contributed by atoms with Crippen LogP contribution in [-0.2, 0) is 0 Å². The molecule has 26 heavy (non-hydrogen) atoms. The molecule has 4 aromatic rings. The number of carbonyl (C=O) groups is 1. The highest BCUT2D eigenvalue weighted by atomic mass is 19.1. The molecule has 2 aromatic heterocycles. The first-order valence-corrected chi connectivity index (χ1v) is 8.10. The molecule has 0 spiro atoms. The maximum absolute atomic E-state index is 14.0. The summed E-state index contributed by atoms with van der Waals surface area (Å²) < 4.78 is 15.4. The van der Waals surface area contributed by atoms with Crippen molar-refractivity contribution >= 4 is 22.6 Å². The maximum Gasteiger partial charge on any atom is 0.260 e. The Kier molecular flexibility index (Phi) is 3.93. The molecule has 0 aliphatic carbocycles. The minimum Gasteiger partial charge on any atom is -0.306 e. The zero-order valence-corrected chi connectivity index (χ0v) is 14.0. The van der Waals surface area contributed by atoms with Crippen molar-refractivity contribution in [2.75, 3.05) is 5.32 Å². The average molecular weight is 346 g/mol. The number of rotatable bonds is 3. The second-order valence-electron chi connectivity index (χ2n) is 5.85. The number of fused-ring (bicyclic) bond motifs is 1. The minimum atomic E-state index is -0.401. The first-order chi connectivity index (χ1) is 12.6. The van der Waals surface area contributed by atoms with Crippen LogP contribution >= 0.6 is 0 Å². The third kappa shape index (κ3) is 2.82. The molecule has 0 atom stereocenters. The monoisotopic (exact) mass is 346 g/mol. The van der Waals surface area contributed by atoms with E-state index in [4.69, 9.17) is 0 Å². The Balaban J connectivity index is 1.63. The number of benzene rings is 2. The van der Waals surface area contributed by atoms with Crippen molar-refractivity contribution < 1.29 is 9.18 Å². The van der Waals surface area contributed by atoms with Crippen LogP contribution in [-0.4, -0.2) is 20.7 Å². The van der Waals surface area contributed by atoms with Gasteiger partial charge in [-0.25, -0.2) is 14.1 Å². The number of carbonyl (C=O) groups excluding carboxylic acids is 1. The average Bonchev–Trinajstić information content (AvgIpc) is 3.03. The lowest BCUT2D eigenvalue weighted by Crippen LogP contribution is -2.14. The van der Waals surface area contributed by atoms with E-state index in [1.165, 1.54) is 16.9 Å². The van der Waals surface area contributed by atoms with E-state index in [2.05, 4.69) is 15.4 Å². The molecule has 0 unspecified atom stereocenters. The van der Waals surface area contributed by atoms with Crippen LogP contribution in [0.4, 0.5) is 10.2 Å². The van der Waals surface area contributed by atoms with Gasteiger partial charge in [0.25, 0.3) is 5.91 Å². The first-order valence-electron chi connectivity index (χ1n) is 8.10. The van der Waals surface area contributed by atoms with Gasteiger partial charge in [-0.05, 0) is 37.3 Å². The number of aromatic nitrogens is 3. The summed E-state index contributed by atoms with van der Waals surface area (Å²) in [5, 5.41) is 7.92. The summed E-state index contributed by atoms with van der Waals surface area (Å²) in [6, 6.07) is 17.6. The lowest BCUT2D eigenvalue weighted by Gasteiger charge is -2.07. The topological polar surface area (TPSA) is 59.8 Å². The number of hydrogen-bond acceptors (Lipinski definition) is 3. The number of pyridine rings is 1. The van der Waals surface area contributed by atoms with Crippen LogP contribution < -0.4 is 5.32 Å². The fraction of sp³-hybridized carbons (Fsp3) is 0.0500. The Morgan fingerprint density at radius 1 is 1.04 bits per heavy atom. The van der Waals surface area contributed by atoms with Crippen molar-refractivity contribution in [3.8, 4) is 5.69 Å². The fourth-order valence-corrected chi connectivity index (χ4v) is 2.82. The highest BCUT2D eigenvalue weighted by Gasteiger charge is 2.17. The number of halogens is 1. The molecule has 2 aromatic carbocycles. The molecule has 4 rings (SSSR count). The summed E-state index contributed by atoms with van der Waals surface area (Å²) >= 11 is 0. The quantitative estimate of drug-likeness (QED) is 0.607. The Morgan fingerprint density at radius 3 is 2.65 bits per heavy atom. The number of hydrogen-bond donors (Lipinski definition) is 1. The summed E-state index contributed by atoms with van der Waals surface area (Å²) in [7, 11) is 0. The molecule has 0 aliphatic heterocycles. The largest absolute Gasteiger partial charge is 0.306 e. The summed E-state index contributed by atoms with van der Waals surface area (Å²) in [6.45, 7) is 1.72. The van der Waals surface area contributed by atoms with Crippen LogP contribution in [0, 0.1) is 12.7 Å². The summed E-state index contributed by atoms with van der Waals surface area (Å²) in [5.74, 6) is -0.290. The van der Waals surface area contributed by atoms with Gasteiger partial charge in [0.05, 0.1) is 23.0 Å². The lowest BCUT2D eigenvalue weighted by molar-refractivity contribution is 0.102. The van der Waals surface area contributed by atoms with Gasteiger partial charge >= 0.3 is 0 Å². The Labute approximate surface area is 149 Å². The fourth-order valence-electron chi connectivity index (χ4n) is 2.82. The minimum absolute atomic E-state index is 0.299. The Hall–Kier alpha value is -3.54. The van der Waals surface area contributed by atoms with Crippen molar-refractivity contribution in [3.63, 3.8) is 0 Å². The number of nitrogens with zero attached hydrogens (tertiary/aromatic N) is 3.